The van der Waals surface area contributed by atoms with E-state index in [2.05, 4.69) is 52.3 Å². The second-order valence-electron chi connectivity index (χ2n) is 6.27. The van der Waals surface area contributed by atoms with Gasteiger partial charge < -0.3 is 5.32 Å². The van der Waals surface area contributed by atoms with Crippen molar-refractivity contribution >= 4 is 15.9 Å². The lowest BCUT2D eigenvalue weighted by Crippen LogP contribution is -2.40. The summed E-state index contributed by atoms with van der Waals surface area (Å²) in [5, 5.41) is 12.0. The molecule has 2 unspecified atom stereocenters. The fraction of sp³-hybridized carbons (Fsp3) is 0.857. The van der Waals surface area contributed by atoms with E-state index in [9.17, 15) is 0 Å². The predicted molar refractivity (Wildman–Crippen MR) is 80.9 cm³/mol. The zero-order valence-electron chi connectivity index (χ0n) is 12.4. The Morgan fingerprint density at radius 2 is 2.21 bits per heavy atom. The Kier molecular flexibility index (Phi) is 4.66. The van der Waals surface area contributed by atoms with Crippen LogP contribution in [0.25, 0.3) is 0 Å². The highest BCUT2D eigenvalue weighted by atomic mass is 79.9. The molecule has 1 N–H and O–H groups in total. The smallest absolute Gasteiger partial charge is 0.153 e. The van der Waals surface area contributed by atoms with Gasteiger partial charge in [-0.2, -0.15) is 0 Å². The summed E-state index contributed by atoms with van der Waals surface area (Å²) < 4.78 is 2.78. The van der Waals surface area contributed by atoms with E-state index in [0.717, 1.165) is 11.1 Å². The third-order valence-corrected chi connectivity index (χ3v) is 5.10. The fourth-order valence-corrected chi connectivity index (χ4v) is 4.03. The quantitative estimate of drug-likeness (QED) is 0.920. The van der Waals surface area contributed by atoms with Gasteiger partial charge in [0.05, 0.1) is 11.7 Å². The van der Waals surface area contributed by atoms with Crippen LogP contribution in [0.3, 0.4) is 0 Å². The Morgan fingerprint density at radius 1 is 1.47 bits per heavy atom. The van der Waals surface area contributed by atoms with Crippen molar-refractivity contribution in [2.75, 3.05) is 6.54 Å². The van der Waals surface area contributed by atoms with Crippen LogP contribution in [-0.4, -0.2) is 21.5 Å². The summed E-state index contributed by atoms with van der Waals surface area (Å²) in [5.74, 6) is 0.634. The maximum absolute atomic E-state index is 4.15. The monoisotopic (exact) mass is 328 g/mol. The van der Waals surface area contributed by atoms with E-state index >= 15 is 0 Å². The Hall–Kier alpha value is -0.420. The summed E-state index contributed by atoms with van der Waals surface area (Å²) in [4.78, 5) is 0. The second kappa shape index (κ2) is 5.92. The van der Waals surface area contributed by atoms with Crippen molar-refractivity contribution in [3.8, 4) is 0 Å². The van der Waals surface area contributed by atoms with E-state index in [1.165, 1.54) is 31.4 Å². The van der Waals surface area contributed by atoms with Gasteiger partial charge in [-0.3, -0.25) is 0 Å². The van der Waals surface area contributed by atoms with Crippen LogP contribution in [0.15, 0.2) is 4.60 Å². The zero-order chi connectivity index (χ0) is 14.0. The molecule has 1 heterocycles. The molecule has 1 aromatic heterocycles. The summed E-state index contributed by atoms with van der Waals surface area (Å²) in [7, 11) is 1.98. The molecule has 1 aliphatic carbocycles. The molecule has 1 aliphatic rings. The van der Waals surface area contributed by atoms with Gasteiger partial charge in [-0.1, -0.05) is 38.8 Å². The molecule has 19 heavy (non-hydrogen) atoms. The minimum atomic E-state index is 0.328. The van der Waals surface area contributed by atoms with Crippen LogP contribution in [0.4, 0.5) is 0 Å². The molecule has 0 aromatic carbocycles. The Labute approximate surface area is 124 Å². The van der Waals surface area contributed by atoms with Gasteiger partial charge in [0.2, 0.25) is 0 Å². The van der Waals surface area contributed by atoms with E-state index < -0.39 is 0 Å². The number of rotatable bonds is 4. The van der Waals surface area contributed by atoms with Crippen LogP contribution < -0.4 is 5.32 Å². The summed E-state index contributed by atoms with van der Waals surface area (Å²) in [6, 6.07) is 0.328. The molecule has 0 bridgehead atoms. The average Bonchev–Trinajstić information content (AvgIpc) is 2.67. The molecule has 2 rings (SSSR count). The van der Waals surface area contributed by atoms with Gasteiger partial charge in [0, 0.05) is 7.05 Å². The molecule has 4 nitrogen and oxygen atoms in total. The van der Waals surface area contributed by atoms with E-state index in [4.69, 9.17) is 0 Å². The van der Waals surface area contributed by atoms with Crippen molar-refractivity contribution in [3.63, 3.8) is 0 Å². The molecule has 0 spiro atoms. The van der Waals surface area contributed by atoms with Crippen molar-refractivity contribution in [2.24, 2.45) is 18.4 Å². The topological polar surface area (TPSA) is 42.7 Å². The maximum Gasteiger partial charge on any atom is 0.153 e. The zero-order valence-corrected chi connectivity index (χ0v) is 14.0. The number of aryl methyl sites for hydroxylation is 1. The average molecular weight is 329 g/mol. The van der Waals surface area contributed by atoms with Gasteiger partial charge in [0.1, 0.15) is 0 Å². The normalized spacial score (nSPS) is 24.4. The van der Waals surface area contributed by atoms with Crippen molar-refractivity contribution in [2.45, 2.75) is 52.5 Å². The first kappa shape index (κ1) is 15.0. The van der Waals surface area contributed by atoms with Crippen molar-refractivity contribution < 1.29 is 0 Å². The molecular weight excluding hydrogens is 304 g/mol. The number of hydrogen-bond acceptors (Lipinski definition) is 3. The lowest BCUT2D eigenvalue weighted by Gasteiger charge is -2.43. The van der Waals surface area contributed by atoms with Crippen LogP contribution in [-0.2, 0) is 7.05 Å². The third kappa shape index (κ3) is 3.02. The van der Waals surface area contributed by atoms with Crippen molar-refractivity contribution in [1.29, 1.82) is 0 Å². The third-order valence-electron chi connectivity index (χ3n) is 4.54. The molecule has 0 radical (unpaired) electrons. The summed E-state index contributed by atoms with van der Waals surface area (Å²) >= 11 is 3.56. The van der Waals surface area contributed by atoms with Gasteiger partial charge in [0.25, 0.3) is 0 Å². The van der Waals surface area contributed by atoms with E-state index in [-0.39, 0.29) is 0 Å². The number of nitrogens with zero attached hydrogens (tertiary/aromatic N) is 3. The molecule has 0 saturated heterocycles. The lowest BCUT2D eigenvalue weighted by molar-refractivity contribution is 0.0955. The predicted octanol–water partition coefficient (Wildman–Crippen LogP) is 3.44. The molecule has 1 saturated carbocycles. The molecule has 0 amide bonds. The first-order chi connectivity index (χ1) is 8.97. The van der Waals surface area contributed by atoms with E-state index in [1.54, 1.807) is 0 Å². The molecule has 0 aliphatic heterocycles. The summed E-state index contributed by atoms with van der Waals surface area (Å²) in [6.45, 7) is 7.94. The fourth-order valence-electron chi connectivity index (χ4n) is 3.46. The van der Waals surface area contributed by atoms with Gasteiger partial charge in [0.15, 0.2) is 4.60 Å². The van der Waals surface area contributed by atoms with E-state index in [1.807, 2.05) is 11.7 Å². The first-order valence-electron chi connectivity index (χ1n) is 7.26. The highest BCUT2D eigenvalue weighted by Gasteiger charge is 2.39. The molecule has 108 valence electrons. The van der Waals surface area contributed by atoms with Crippen LogP contribution >= 0.6 is 15.9 Å². The Morgan fingerprint density at radius 3 is 2.74 bits per heavy atom. The number of hydrogen-bond donors (Lipinski definition) is 1. The highest BCUT2D eigenvalue weighted by Crippen LogP contribution is 2.47. The highest BCUT2D eigenvalue weighted by molar-refractivity contribution is 9.10. The molecule has 5 heteroatoms. The minimum absolute atomic E-state index is 0.328. The van der Waals surface area contributed by atoms with Crippen molar-refractivity contribution in [1.82, 2.24) is 20.3 Å². The number of aromatic nitrogens is 3. The van der Waals surface area contributed by atoms with Crippen LogP contribution in [0, 0.1) is 11.3 Å². The van der Waals surface area contributed by atoms with Gasteiger partial charge >= 0.3 is 0 Å². The second-order valence-corrected chi connectivity index (χ2v) is 7.02. The number of nitrogens with one attached hydrogen (secondary N) is 1. The van der Waals surface area contributed by atoms with Crippen LogP contribution in [0.1, 0.15) is 58.2 Å². The van der Waals surface area contributed by atoms with E-state index in [0.29, 0.717) is 17.4 Å². The maximum atomic E-state index is 4.15. The standard InChI is InChI=1S/C14H25BrN4/c1-5-16-11(12-13(15)17-18-19(12)4)10-8-6-7-9-14(10,2)3/h10-11,16H,5-9H2,1-4H3. The lowest BCUT2D eigenvalue weighted by atomic mass is 9.65. The Balaban J connectivity index is 2.34. The van der Waals surface area contributed by atoms with Crippen molar-refractivity contribution in [3.05, 3.63) is 10.3 Å². The molecule has 1 aromatic rings. The summed E-state index contributed by atoms with van der Waals surface area (Å²) in [5.41, 5.74) is 1.55. The minimum Gasteiger partial charge on any atom is -0.309 e. The summed E-state index contributed by atoms with van der Waals surface area (Å²) in [6.07, 6.45) is 5.27. The number of halogens is 1. The molecule has 1 fully saturated rings. The molecular formula is C14H25BrN4. The van der Waals surface area contributed by atoms with Crippen LogP contribution in [0.2, 0.25) is 0 Å². The first-order valence-corrected chi connectivity index (χ1v) is 8.05. The largest absolute Gasteiger partial charge is 0.309 e. The van der Waals surface area contributed by atoms with Gasteiger partial charge in [-0.25, -0.2) is 4.68 Å². The Bertz CT molecular complexity index is 408. The molecule has 2 atom stereocenters. The van der Waals surface area contributed by atoms with Crippen LogP contribution in [0.5, 0.6) is 0 Å². The van der Waals surface area contributed by atoms with Gasteiger partial charge in [-0.15, -0.1) is 5.10 Å². The van der Waals surface area contributed by atoms with Gasteiger partial charge in [-0.05, 0) is 46.6 Å². The SMILES string of the molecule is CCNC(c1c(Br)nnn1C)C1CCCCC1(C)C.